The van der Waals surface area contributed by atoms with Crippen molar-refractivity contribution in [2.45, 2.75) is 6.54 Å². The van der Waals surface area contributed by atoms with E-state index in [1.165, 1.54) is 0 Å². The SMILES string of the molecule is O=Cc1cncn1Cc1cscn1. The highest BCUT2D eigenvalue weighted by molar-refractivity contribution is 7.07. The summed E-state index contributed by atoms with van der Waals surface area (Å²) >= 11 is 1.54. The summed E-state index contributed by atoms with van der Waals surface area (Å²) in [6.45, 7) is 0.609. The van der Waals surface area contributed by atoms with E-state index in [-0.39, 0.29) is 0 Å². The fourth-order valence-corrected chi connectivity index (χ4v) is 1.60. The van der Waals surface area contributed by atoms with E-state index >= 15 is 0 Å². The van der Waals surface area contributed by atoms with Crippen LogP contribution in [0.15, 0.2) is 23.4 Å². The molecule has 0 aliphatic carbocycles. The van der Waals surface area contributed by atoms with Crippen LogP contribution in [0.25, 0.3) is 0 Å². The van der Waals surface area contributed by atoms with Gasteiger partial charge >= 0.3 is 0 Å². The van der Waals surface area contributed by atoms with Crippen LogP contribution in [-0.4, -0.2) is 20.8 Å². The summed E-state index contributed by atoms with van der Waals surface area (Å²) in [6, 6.07) is 0. The summed E-state index contributed by atoms with van der Waals surface area (Å²) in [5, 5.41) is 1.95. The predicted octanol–water partition coefficient (Wildman–Crippen LogP) is 1.20. The minimum Gasteiger partial charge on any atom is -0.322 e. The van der Waals surface area contributed by atoms with E-state index in [0.717, 1.165) is 12.0 Å². The molecule has 0 saturated heterocycles. The number of rotatable bonds is 3. The van der Waals surface area contributed by atoms with Gasteiger partial charge in [-0.3, -0.25) is 4.79 Å². The van der Waals surface area contributed by atoms with E-state index in [1.807, 2.05) is 5.38 Å². The number of carbonyl (C=O) groups is 1. The third-order valence-corrected chi connectivity index (χ3v) is 2.32. The Balaban J connectivity index is 2.23. The van der Waals surface area contributed by atoms with Crippen LogP contribution < -0.4 is 0 Å². The van der Waals surface area contributed by atoms with Crippen LogP contribution in [0.5, 0.6) is 0 Å². The first-order valence-electron chi connectivity index (χ1n) is 3.72. The Labute approximate surface area is 78.9 Å². The average molecular weight is 193 g/mol. The second-order valence-electron chi connectivity index (χ2n) is 2.54. The van der Waals surface area contributed by atoms with Gasteiger partial charge < -0.3 is 4.57 Å². The summed E-state index contributed by atoms with van der Waals surface area (Å²) in [7, 11) is 0. The lowest BCUT2D eigenvalue weighted by atomic mass is 10.4. The van der Waals surface area contributed by atoms with Crippen molar-refractivity contribution >= 4 is 17.6 Å². The third-order valence-electron chi connectivity index (χ3n) is 1.68. The van der Waals surface area contributed by atoms with Gasteiger partial charge in [0, 0.05) is 5.38 Å². The van der Waals surface area contributed by atoms with Crippen molar-refractivity contribution in [3.8, 4) is 0 Å². The molecule has 66 valence electrons. The zero-order chi connectivity index (χ0) is 9.10. The molecule has 0 spiro atoms. The van der Waals surface area contributed by atoms with E-state index in [1.54, 1.807) is 33.9 Å². The van der Waals surface area contributed by atoms with Gasteiger partial charge in [0.25, 0.3) is 0 Å². The fraction of sp³-hybridized carbons (Fsp3) is 0.125. The monoisotopic (exact) mass is 193 g/mol. The molecule has 5 heteroatoms. The van der Waals surface area contributed by atoms with Gasteiger partial charge in [0.1, 0.15) is 5.69 Å². The fourth-order valence-electron chi connectivity index (χ4n) is 1.05. The zero-order valence-corrected chi connectivity index (χ0v) is 7.57. The van der Waals surface area contributed by atoms with Crippen molar-refractivity contribution in [3.63, 3.8) is 0 Å². The predicted molar refractivity (Wildman–Crippen MR) is 48.8 cm³/mol. The summed E-state index contributed by atoms with van der Waals surface area (Å²) < 4.78 is 1.77. The second kappa shape index (κ2) is 3.49. The number of imidazole rings is 1. The minimum atomic E-state index is 0.577. The van der Waals surface area contributed by atoms with Crippen molar-refractivity contribution in [1.29, 1.82) is 0 Å². The highest BCUT2D eigenvalue weighted by Crippen LogP contribution is 2.05. The molecule has 13 heavy (non-hydrogen) atoms. The van der Waals surface area contributed by atoms with Crippen LogP contribution >= 0.6 is 11.3 Å². The molecule has 2 rings (SSSR count). The lowest BCUT2D eigenvalue weighted by molar-refractivity contribution is 0.111. The summed E-state index contributed by atoms with van der Waals surface area (Å²) in [4.78, 5) is 18.5. The molecule has 0 aromatic carbocycles. The van der Waals surface area contributed by atoms with E-state index in [2.05, 4.69) is 9.97 Å². The molecule has 2 heterocycles. The maximum atomic E-state index is 10.5. The largest absolute Gasteiger partial charge is 0.322 e. The molecular weight excluding hydrogens is 186 g/mol. The molecule has 0 aliphatic rings. The van der Waals surface area contributed by atoms with Crippen molar-refractivity contribution in [1.82, 2.24) is 14.5 Å². The summed E-state index contributed by atoms with van der Waals surface area (Å²) in [6.07, 6.45) is 3.96. The smallest absolute Gasteiger partial charge is 0.168 e. The maximum Gasteiger partial charge on any atom is 0.168 e. The molecular formula is C8H7N3OS. The third kappa shape index (κ3) is 1.65. The molecule has 0 bridgehead atoms. The van der Waals surface area contributed by atoms with Crippen molar-refractivity contribution in [3.05, 3.63) is 34.8 Å². The van der Waals surface area contributed by atoms with Crippen LogP contribution in [0.2, 0.25) is 0 Å². The quantitative estimate of drug-likeness (QED) is 0.688. The van der Waals surface area contributed by atoms with Gasteiger partial charge in [-0.2, -0.15) is 0 Å². The Hall–Kier alpha value is -1.49. The first kappa shape index (κ1) is 8.12. The Morgan fingerprint density at radius 2 is 2.54 bits per heavy atom. The number of nitrogens with zero attached hydrogens (tertiary/aromatic N) is 3. The van der Waals surface area contributed by atoms with Gasteiger partial charge in [-0.25, -0.2) is 9.97 Å². The Bertz CT molecular complexity index is 393. The lowest BCUT2D eigenvalue weighted by Crippen LogP contribution is -2.02. The molecule has 0 atom stereocenters. The first-order chi connectivity index (χ1) is 6.40. The molecule has 4 nitrogen and oxygen atoms in total. The van der Waals surface area contributed by atoms with Gasteiger partial charge in [0.2, 0.25) is 0 Å². The van der Waals surface area contributed by atoms with Crippen molar-refractivity contribution in [2.75, 3.05) is 0 Å². The standard InChI is InChI=1S/C8H7N3OS/c12-3-8-1-9-5-11(8)2-7-4-13-6-10-7/h1,3-6H,2H2. The molecule has 2 aromatic rings. The molecule has 0 fully saturated rings. The number of aldehydes is 1. The van der Waals surface area contributed by atoms with E-state index in [9.17, 15) is 4.79 Å². The van der Waals surface area contributed by atoms with Crippen LogP contribution in [-0.2, 0) is 6.54 Å². The molecule has 0 N–H and O–H groups in total. The van der Waals surface area contributed by atoms with Crippen LogP contribution in [0.3, 0.4) is 0 Å². The number of carbonyl (C=O) groups excluding carboxylic acids is 1. The van der Waals surface area contributed by atoms with Gasteiger partial charge in [-0.05, 0) is 0 Å². The highest BCUT2D eigenvalue weighted by atomic mass is 32.1. The van der Waals surface area contributed by atoms with Crippen LogP contribution in [0.1, 0.15) is 16.2 Å². The van der Waals surface area contributed by atoms with Crippen LogP contribution in [0.4, 0.5) is 0 Å². The van der Waals surface area contributed by atoms with Gasteiger partial charge in [0.15, 0.2) is 6.29 Å². The lowest BCUT2D eigenvalue weighted by Gasteiger charge is -1.99. The molecule has 0 saturated carbocycles. The zero-order valence-electron chi connectivity index (χ0n) is 6.75. The van der Waals surface area contributed by atoms with E-state index < -0.39 is 0 Å². The van der Waals surface area contributed by atoms with Gasteiger partial charge in [-0.1, -0.05) is 0 Å². The van der Waals surface area contributed by atoms with Gasteiger partial charge in [0.05, 0.1) is 30.3 Å². The number of aromatic nitrogens is 3. The molecule has 0 unspecified atom stereocenters. The average Bonchev–Trinajstić information content (AvgIpc) is 2.76. The topological polar surface area (TPSA) is 47.8 Å². The van der Waals surface area contributed by atoms with Crippen LogP contribution in [0, 0.1) is 0 Å². The Morgan fingerprint density at radius 3 is 3.23 bits per heavy atom. The second-order valence-corrected chi connectivity index (χ2v) is 3.26. The number of hydrogen-bond donors (Lipinski definition) is 0. The normalized spacial score (nSPS) is 10.2. The van der Waals surface area contributed by atoms with Crippen molar-refractivity contribution in [2.24, 2.45) is 0 Å². The number of hydrogen-bond acceptors (Lipinski definition) is 4. The summed E-state index contributed by atoms with van der Waals surface area (Å²) in [5.74, 6) is 0. The highest BCUT2D eigenvalue weighted by Gasteiger charge is 2.01. The summed E-state index contributed by atoms with van der Waals surface area (Å²) in [5.41, 5.74) is 3.30. The maximum absolute atomic E-state index is 10.5. The minimum absolute atomic E-state index is 0.577. The molecule has 0 aliphatic heterocycles. The Kier molecular flexibility index (Phi) is 2.18. The molecule has 0 radical (unpaired) electrons. The first-order valence-corrected chi connectivity index (χ1v) is 4.67. The van der Waals surface area contributed by atoms with E-state index in [4.69, 9.17) is 0 Å². The molecule has 0 amide bonds. The van der Waals surface area contributed by atoms with E-state index in [0.29, 0.717) is 12.2 Å². The Morgan fingerprint density at radius 1 is 1.62 bits per heavy atom. The molecule has 2 aromatic heterocycles. The van der Waals surface area contributed by atoms with Crippen molar-refractivity contribution < 1.29 is 4.79 Å². The number of thiazole rings is 1. The van der Waals surface area contributed by atoms with Gasteiger partial charge in [-0.15, -0.1) is 11.3 Å².